The number of aliphatic hydroxyl groups excluding tert-OH is 1. The quantitative estimate of drug-likeness (QED) is 0.735. The first kappa shape index (κ1) is 10.3. The highest BCUT2D eigenvalue weighted by Crippen LogP contribution is 2.31. The lowest BCUT2D eigenvalue weighted by atomic mass is 10.1. The summed E-state index contributed by atoms with van der Waals surface area (Å²) < 4.78 is 5.58. The number of aliphatic hydroxyl groups is 1. The Morgan fingerprint density at radius 2 is 2.47 bits per heavy atom. The average Bonchev–Trinajstić information content (AvgIpc) is 2.66. The van der Waals surface area contributed by atoms with E-state index < -0.39 is 0 Å². The predicted octanol–water partition coefficient (Wildman–Crippen LogP) is 0.291. The predicted molar refractivity (Wildman–Crippen MR) is 53.5 cm³/mol. The SMILES string of the molecule is Cc1[nH]c(=O)cnc1[C@H]1CC[C@@H](CO)O1. The van der Waals surface area contributed by atoms with Gasteiger partial charge in [0.25, 0.3) is 5.56 Å². The number of aromatic amines is 1. The third-order valence-corrected chi connectivity index (χ3v) is 2.63. The summed E-state index contributed by atoms with van der Waals surface area (Å²) in [6, 6.07) is 0. The third kappa shape index (κ3) is 2.08. The van der Waals surface area contributed by atoms with E-state index in [-0.39, 0.29) is 24.4 Å². The fourth-order valence-corrected chi connectivity index (χ4v) is 1.87. The molecule has 0 spiro atoms. The Hall–Kier alpha value is -1.20. The molecule has 5 heteroatoms. The van der Waals surface area contributed by atoms with Crippen molar-refractivity contribution in [1.82, 2.24) is 9.97 Å². The lowest BCUT2D eigenvalue weighted by Crippen LogP contribution is -2.15. The van der Waals surface area contributed by atoms with Crippen molar-refractivity contribution in [3.05, 3.63) is 27.9 Å². The first-order valence-corrected chi connectivity index (χ1v) is 5.03. The van der Waals surface area contributed by atoms with Crippen molar-refractivity contribution in [3.63, 3.8) is 0 Å². The van der Waals surface area contributed by atoms with Gasteiger partial charge in [-0.2, -0.15) is 0 Å². The highest BCUT2D eigenvalue weighted by Gasteiger charge is 2.28. The fraction of sp³-hybridized carbons (Fsp3) is 0.600. The topological polar surface area (TPSA) is 75.2 Å². The molecule has 2 heterocycles. The standard InChI is InChI=1S/C10H14N2O3/c1-6-10(11-4-9(14)12-6)8-3-2-7(5-13)15-8/h4,7-8,13H,2-3,5H2,1H3,(H,12,14)/t7-,8+/m0/s1. The molecule has 0 aromatic carbocycles. The Morgan fingerprint density at radius 3 is 3.07 bits per heavy atom. The maximum atomic E-state index is 11.0. The van der Waals surface area contributed by atoms with Crippen LogP contribution in [0.5, 0.6) is 0 Å². The van der Waals surface area contributed by atoms with Crippen molar-refractivity contribution < 1.29 is 9.84 Å². The maximum Gasteiger partial charge on any atom is 0.266 e. The molecular formula is C10H14N2O3. The van der Waals surface area contributed by atoms with Crippen LogP contribution in [0.2, 0.25) is 0 Å². The summed E-state index contributed by atoms with van der Waals surface area (Å²) in [5, 5.41) is 8.94. The van der Waals surface area contributed by atoms with Crippen LogP contribution in [0, 0.1) is 6.92 Å². The van der Waals surface area contributed by atoms with Gasteiger partial charge in [-0.15, -0.1) is 0 Å². The Labute approximate surface area is 87.1 Å². The summed E-state index contributed by atoms with van der Waals surface area (Å²) in [4.78, 5) is 17.7. The van der Waals surface area contributed by atoms with E-state index in [1.54, 1.807) is 6.92 Å². The largest absolute Gasteiger partial charge is 0.394 e. The molecule has 1 aromatic rings. The molecule has 0 amide bonds. The summed E-state index contributed by atoms with van der Waals surface area (Å²) in [6.07, 6.45) is 2.74. The van der Waals surface area contributed by atoms with Crippen LogP contribution in [0.1, 0.15) is 30.3 Å². The molecule has 1 fully saturated rings. The summed E-state index contributed by atoms with van der Waals surface area (Å²) in [5.74, 6) is 0. The average molecular weight is 210 g/mol. The minimum absolute atomic E-state index is 0.0406. The number of aromatic nitrogens is 2. The number of ether oxygens (including phenoxy) is 1. The molecule has 15 heavy (non-hydrogen) atoms. The van der Waals surface area contributed by atoms with Gasteiger partial charge in [0.15, 0.2) is 0 Å². The monoisotopic (exact) mass is 210 g/mol. The number of hydrogen-bond donors (Lipinski definition) is 2. The number of nitrogens with one attached hydrogen (secondary N) is 1. The zero-order valence-electron chi connectivity index (χ0n) is 8.56. The van der Waals surface area contributed by atoms with Crippen LogP contribution < -0.4 is 5.56 Å². The number of nitrogens with zero attached hydrogens (tertiary/aromatic N) is 1. The van der Waals surface area contributed by atoms with Crippen LogP contribution in [0.4, 0.5) is 0 Å². The molecule has 0 bridgehead atoms. The molecule has 2 atom stereocenters. The number of aryl methyl sites for hydroxylation is 1. The molecule has 2 rings (SSSR count). The van der Waals surface area contributed by atoms with Gasteiger partial charge in [0.2, 0.25) is 0 Å². The summed E-state index contributed by atoms with van der Waals surface area (Å²) in [5.41, 5.74) is 1.31. The molecule has 5 nitrogen and oxygen atoms in total. The van der Waals surface area contributed by atoms with E-state index >= 15 is 0 Å². The van der Waals surface area contributed by atoms with Crippen LogP contribution in [0.3, 0.4) is 0 Å². The van der Waals surface area contributed by atoms with E-state index in [0.717, 1.165) is 24.2 Å². The highest BCUT2D eigenvalue weighted by molar-refractivity contribution is 5.12. The summed E-state index contributed by atoms with van der Waals surface area (Å²) >= 11 is 0. The van der Waals surface area contributed by atoms with Gasteiger partial charge in [-0.25, -0.2) is 0 Å². The van der Waals surface area contributed by atoms with Crippen molar-refractivity contribution in [2.24, 2.45) is 0 Å². The normalized spacial score (nSPS) is 25.7. The summed E-state index contributed by atoms with van der Waals surface area (Å²) in [6.45, 7) is 1.85. The van der Waals surface area contributed by atoms with Gasteiger partial charge < -0.3 is 14.8 Å². The van der Waals surface area contributed by atoms with Gasteiger partial charge in [-0.05, 0) is 19.8 Å². The van der Waals surface area contributed by atoms with E-state index in [2.05, 4.69) is 9.97 Å². The highest BCUT2D eigenvalue weighted by atomic mass is 16.5. The third-order valence-electron chi connectivity index (χ3n) is 2.63. The van der Waals surface area contributed by atoms with Gasteiger partial charge in [0.1, 0.15) is 6.10 Å². The Bertz CT molecular complexity index is 402. The molecule has 82 valence electrons. The van der Waals surface area contributed by atoms with Crippen molar-refractivity contribution in [2.75, 3.05) is 6.61 Å². The van der Waals surface area contributed by atoms with Gasteiger partial charge in [-0.1, -0.05) is 0 Å². The van der Waals surface area contributed by atoms with Crippen LogP contribution in [0.15, 0.2) is 11.0 Å². The molecule has 1 aliphatic rings. The van der Waals surface area contributed by atoms with E-state index in [1.807, 2.05) is 0 Å². The number of hydrogen-bond acceptors (Lipinski definition) is 4. The minimum Gasteiger partial charge on any atom is -0.394 e. The molecule has 1 aromatic heterocycles. The second-order valence-electron chi connectivity index (χ2n) is 3.76. The second kappa shape index (κ2) is 4.12. The molecule has 1 saturated heterocycles. The Kier molecular flexibility index (Phi) is 2.83. The van der Waals surface area contributed by atoms with E-state index in [0.29, 0.717) is 0 Å². The molecule has 0 radical (unpaired) electrons. The van der Waals surface area contributed by atoms with E-state index in [4.69, 9.17) is 9.84 Å². The molecular weight excluding hydrogens is 196 g/mol. The zero-order valence-corrected chi connectivity index (χ0v) is 8.56. The van der Waals surface area contributed by atoms with Crippen LogP contribution >= 0.6 is 0 Å². The van der Waals surface area contributed by atoms with Gasteiger partial charge in [-0.3, -0.25) is 9.78 Å². The van der Waals surface area contributed by atoms with Crippen LogP contribution in [-0.4, -0.2) is 27.8 Å². The second-order valence-corrected chi connectivity index (χ2v) is 3.76. The summed E-state index contributed by atoms with van der Waals surface area (Å²) in [7, 11) is 0. The fourth-order valence-electron chi connectivity index (χ4n) is 1.87. The Morgan fingerprint density at radius 1 is 1.67 bits per heavy atom. The molecule has 0 saturated carbocycles. The van der Waals surface area contributed by atoms with Crippen molar-refractivity contribution in [1.29, 1.82) is 0 Å². The van der Waals surface area contributed by atoms with Crippen molar-refractivity contribution in [2.45, 2.75) is 32.0 Å². The number of H-pyrrole nitrogens is 1. The number of rotatable bonds is 2. The van der Waals surface area contributed by atoms with Gasteiger partial charge in [0, 0.05) is 5.69 Å². The van der Waals surface area contributed by atoms with Crippen molar-refractivity contribution >= 4 is 0 Å². The van der Waals surface area contributed by atoms with Crippen molar-refractivity contribution in [3.8, 4) is 0 Å². The zero-order chi connectivity index (χ0) is 10.8. The Balaban J connectivity index is 2.20. The van der Waals surface area contributed by atoms with E-state index in [1.165, 1.54) is 6.20 Å². The smallest absolute Gasteiger partial charge is 0.266 e. The minimum atomic E-state index is -0.201. The molecule has 0 aliphatic carbocycles. The van der Waals surface area contributed by atoms with E-state index in [9.17, 15) is 4.79 Å². The lowest BCUT2D eigenvalue weighted by Gasteiger charge is -2.12. The molecule has 2 N–H and O–H groups in total. The van der Waals surface area contributed by atoms with Crippen LogP contribution in [0.25, 0.3) is 0 Å². The van der Waals surface area contributed by atoms with Crippen LogP contribution in [-0.2, 0) is 4.74 Å². The first-order chi connectivity index (χ1) is 7.20. The van der Waals surface area contributed by atoms with Gasteiger partial charge in [0.05, 0.1) is 24.6 Å². The lowest BCUT2D eigenvalue weighted by molar-refractivity contribution is 0.00876. The van der Waals surface area contributed by atoms with Gasteiger partial charge >= 0.3 is 0 Å². The maximum absolute atomic E-state index is 11.0. The first-order valence-electron chi connectivity index (χ1n) is 5.03. The molecule has 1 aliphatic heterocycles. The molecule has 0 unspecified atom stereocenters.